The van der Waals surface area contributed by atoms with Gasteiger partial charge in [0.25, 0.3) is 5.91 Å². The van der Waals surface area contributed by atoms with Crippen LogP contribution in [-0.4, -0.2) is 32.9 Å². The quantitative estimate of drug-likeness (QED) is 0.899. The van der Waals surface area contributed by atoms with Gasteiger partial charge in [-0.1, -0.05) is 20.8 Å². The van der Waals surface area contributed by atoms with Crippen LogP contribution in [0.2, 0.25) is 0 Å². The summed E-state index contributed by atoms with van der Waals surface area (Å²) in [7, 11) is 1.83. The summed E-state index contributed by atoms with van der Waals surface area (Å²) in [4.78, 5) is 12.4. The van der Waals surface area contributed by atoms with Crippen molar-refractivity contribution in [3.05, 3.63) is 17.0 Å². The van der Waals surface area contributed by atoms with Crippen LogP contribution in [0.5, 0.6) is 0 Å². The van der Waals surface area contributed by atoms with Gasteiger partial charge in [0.15, 0.2) is 0 Å². The number of rotatable bonds is 3. The maximum atomic E-state index is 12.4. The molecule has 1 saturated carbocycles. The number of carbonyl (C=O) groups excluding carboxylic acids is 1. The lowest BCUT2D eigenvalue weighted by Crippen LogP contribution is -2.46. The van der Waals surface area contributed by atoms with Crippen LogP contribution in [0.25, 0.3) is 0 Å². The van der Waals surface area contributed by atoms with E-state index < -0.39 is 5.60 Å². The number of amides is 1. The summed E-state index contributed by atoms with van der Waals surface area (Å²) in [6, 6.07) is 0. The number of aromatic nitrogens is 2. The third-order valence-electron chi connectivity index (χ3n) is 5.46. The van der Waals surface area contributed by atoms with Crippen LogP contribution in [-0.2, 0) is 7.05 Å². The van der Waals surface area contributed by atoms with Crippen molar-refractivity contribution < 1.29 is 9.90 Å². The first-order valence-electron chi connectivity index (χ1n) is 8.54. The molecule has 1 heterocycles. The predicted molar refractivity (Wildman–Crippen MR) is 91.4 cm³/mol. The first-order chi connectivity index (χ1) is 10.5. The number of hydrogen-bond donors (Lipinski definition) is 2. The molecule has 0 aromatic carbocycles. The van der Waals surface area contributed by atoms with E-state index in [0.717, 1.165) is 37.1 Å². The summed E-state index contributed by atoms with van der Waals surface area (Å²) in [5, 5.41) is 17.9. The van der Waals surface area contributed by atoms with E-state index in [-0.39, 0.29) is 11.3 Å². The lowest BCUT2D eigenvalue weighted by Gasteiger charge is -2.41. The van der Waals surface area contributed by atoms with Crippen molar-refractivity contribution >= 4 is 5.91 Å². The normalized spacial score (nSPS) is 25.4. The monoisotopic (exact) mass is 321 g/mol. The van der Waals surface area contributed by atoms with Crippen LogP contribution >= 0.6 is 0 Å². The van der Waals surface area contributed by atoms with E-state index in [1.165, 1.54) is 0 Å². The van der Waals surface area contributed by atoms with Crippen molar-refractivity contribution in [1.82, 2.24) is 15.1 Å². The van der Waals surface area contributed by atoms with E-state index in [0.29, 0.717) is 18.0 Å². The molecular weight excluding hydrogens is 290 g/mol. The van der Waals surface area contributed by atoms with Gasteiger partial charge in [0, 0.05) is 19.3 Å². The highest BCUT2D eigenvalue weighted by Crippen LogP contribution is 2.41. The number of aryl methyl sites for hydroxylation is 2. The Morgan fingerprint density at radius 3 is 2.35 bits per heavy atom. The molecule has 2 N–H and O–H groups in total. The van der Waals surface area contributed by atoms with Crippen molar-refractivity contribution in [1.29, 1.82) is 0 Å². The highest BCUT2D eigenvalue weighted by atomic mass is 16.3. The van der Waals surface area contributed by atoms with Gasteiger partial charge in [-0.15, -0.1) is 0 Å². The molecule has 0 bridgehead atoms. The minimum Gasteiger partial charge on any atom is -0.388 e. The summed E-state index contributed by atoms with van der Waals surface area (Å²) >= 11 is 0. The van der Waals surface area contributed by atoms with Crippen molar-refractivity contribution in [3.63, 3.8) is 0 Å². The zero-order valence-electron chi connectivity index (χ0n) is 15.4. The lowest BCUT2D eigenvalue weighted by molar-refractivity contribution is -0.0228. The topological polar surface area (TPSA) is 67.2 Å². The van der Waals surface area contributed by atoms with Gasteiger partial charge in [0.2, 0.25) is 0 Å². The second kappa shape index (κ2) is 6.27. The highest BCUT2D eigenvalue weighted by Gasteiger charge is 2.37. The second-order valence-corrected chi connectivity index (χ2v) is 8.22. The van der Waals surface area contributed by atoms with Crippen LogP contribution in [0, 0.1) is 25.2 Å². The summed E-state index contributed by atoms with van der Waals surface area (Å²) in [5.41, 5.74) is 1.71. The van der Waals surface area contributed by atoms with Crippen molar-refractivity contribution in [2.45, 2.75) is 65.9 Å². The van der Waals surface area contributed by atoms with Crippen LogP contribution in [0.15, 0.2) is 0 Å². The third kappa shape index (κ3) is 3.94. The molecule has 1 fully saturated rings. The molecule has 0 atom stereocenters. The average Bonchev–Trinajstić information content (AvgIpc) is 2.69. The first kappa shape index (κ1) is 18.0. The molecule has 1 aliphatic rings. The zero-order valence-corrected chi connectivity index (χ0v) is 15.4. The maximum Gasteiger partial charge on any atom is 0.255 e. The summed E-state index contributed by atoms with van der Waals surface area (Å²) in [6.07, 6.45) is 3.53. The molecule has 0 saturated heterocycles. The number of hydrogen-bond acceptors (Lipinski definition) is 3. The number of nitrogens with one attached hydrogen (secondary N) is 1. The molecule has 23 heavy (non-hydrogen) atoms. The largest absolute Gasteiger partial charge is 0.388 e. The van der Waals surface area contributed by atoms with Gasteiger partial charge in [0.1, 0.15) is 0 Å². The Bertz CT molecular complexity index is 576. The van der Waals surface area contributed by atoms with Gasteiger partial charge in [-0.3, -0.25) is 9.48 Å². The molecule has 1 aromatic heterocycles. The van der Waals surface area contributed by atoms with E-state index in [1.807, 2.05) is 20.9 Å². The lowest BCUT2D eigenvalue weighted by atomic mass is 9.68. The minimum absolute atomic E-state index is 0.139. The number of nitrogens with zero attached hydrogens (tertiary/aromatic N) is 2. The van der Waals surface area contributed by atoms with Gasteiger partial charge in [-0.2, -0.15) is 5.10 Å². The first-order valence-corrected chi connectivity index (χ1v) is 8.54. The Morgan fingerprint density at radius 1 is 1.35 bits per heavy atom. The Labute approximate surface area is 139 Å². The molecule has 0 radical (unpaired) electrons. The Hall–Kier alpha value is -1.36. The molecular formula is C18H31N3O2. The molecule has 1 aliphatic carbocycles. The summed E-state index contributed by atoms with van der Waals surface area (Å²) in [5.74, 6) is 0.501. The van der Waals surface area contributed by atoms with Crippen LogP contribution in [0.1, 0.15) is 68.2 Å². The standard InChI is InChI=1S/C18H31N3O2/c1-12-15(13(2)21(6)20-12)16(22)19-11-18(23)9-7-14(8-10-18)17(3,4)5/h14,23H,7-11H2,1-6H3,(H,19,22). The molecule has 1 aromatic rings. The molecule has 0 spiro atoms. The molecule has 1 amide bonds. The van der Waals surface area contributed by atoms with Gasteiger partial charge in [-0.05, 0) is 50.9 Å². The molecule has 0 unspecified atom stereocenters. The smallest absolute Gasteiger partial charge is 0.255 e. The second-order valence-electron chi connectivity index (χ2n) is 8.22. The van der Waals surface area contributed by atoms with Gasteiger partial charge in [-0.25, -0.2) is 0 Å². The third-order valence-corrected chi connectivity index (χ3v) is 5.46. The average molecular weight is 321 g/mol. The molecule has 5 heteroatoms. The Morgan fingerprint density at radius 2 is 1.91 bits per heavy atom. The maximum absolute atomic E-state index is 12.4. The molecule has 2 rings (SSSR count). The number of carbonyl (C=O) groups is 1. The highest BCUT2D eigenvalue weighted by molar-refractivity contribution is 5.96. The molecule has 5 nitrogen and oxygen atoms in total. The van der Waals surface area contributed by atoms with Crippen LogP contribution < -0.4 is 5.32 Å². The van der Waals surface area contributed by atoms with Gasteiger partial charge in [0.05, 0.1) is 16.9 Å². The van der Waals surface area contributed by atoms with E-state index in [2.05, 4.69) is 31.2 Å². The van der Waals surface area contributed by atoms with E-state index in [9.17, 15) is 9.90 Å². The van der Waals surface area contributed by atoms with Crippen LogP contribution in [0.4, 0.5) is 0 Å². The zero-order chi connectivity index (χ0) is 17.4. The summed E-state index contributed by atoms with van der Waals surface area (Å²) < 4.78 is 1.72. The fourth-order valence-electron chi connectivity index (χ4n) is 3.63. The minimum atomic E-state index is -0.776. The Balaban J connectivity index is 1.95. The van der Waals surface area contributed by atoms with E-state index in [4.69, 9.17) is 0 Å². The van der Waals surface area contributed by atoms with Crippen molar-refractivity contribution in [2.75, 3.05) is 6.54 Å². The Kier molecular flexibility index (Phi) is 4.90. The number of aliphatic hydroxyl groups is 1. The van der Waals surface area contributed by atoms with Gasteiger partial charge >= 0.3 is 0 Å². The summed E-state index contributed by atoms with van der Waals surface area (Å²) in [6.45, 7) is 10.8. The molecule has 0 aliphatic heterocycles. The predicted octanol–water partition coefficient (Wildman–Crippen LogP) is 2.73. The van der Waals surface area contributed by atoms with Crippen molar-refractivity contribution in [2.24, 2.45) is 18.4 Å². The van der Waals surface area contributed by atoms with Gasteiger partial charge < -0.3 is 10.4 Å². The van der Waals surface area contributed by atoms with Crippen LogP contribution in [0.3, 0.4) is 0 Å². The molecule has 130 valence electrons. The SMILES string of the molecule is Cc1nn(C)c(C)c1C(=O)NCC1(O)CCC(C(C)(C)C)CC1. The fraction of sp³-hybridized carbons (Fsp3) is 0.778. The van der Waals surface area contributed by atoms with E-state index >= 15 is 0 Å². The fourth-order valence-corrected chi connectivity index (χ4v) is 3.63. The van der Waals surface area contributed by atoms with Crippen molar-refractivity contribution in [3.8, 4) is 0 Å². The van der Waals surface area contributed by atoms with E-state index in [1.54, 1.807) is 4.68 Å².